The van der Waals surface area contributed by atoms with Crippen molar-refractivity contribution in [3.63, 3.8) is 0 Å². The summed E-state index contributed by atoms with van der Waals surface area (Å²) >= 11 is 1.63. The Morgan fingerprint density at radius 3 is 2.47 bits per heavy atom. The SMILES string of the molecule is Cc1ccc(S(=O)(=O)N(CC(=O)N2CCCC2c2cccs2)c2ccccc2)cc1. The topological polar surface area (TPSA) is 57.7 Å². The van der Waals surface area contributed by atoms with Crippen molar-refractivity contribution in [2.45, 2.75) is 30.7 Å². The van der Waals surface area contributed by atoms with E-state index in [-0.39, 0.29) is 23.4 Å². The van der Waals surface area contributed by atoms with Crippen molar-refractivity contribution in [2.24, 2.45) is 0 Å². The maximum Gasteiger partial charge on any atom is 0.264 e. The summed E-state index contributed by atoms with van der Waals surface area (Å²) < 4.78 is 28.1. The Morgan fingerprint density at radius 1 is 1.07 bits per heavy atom. The summed E-state index contributed by atoms with van der Waals surface area (Å²) in [6, 6.07) is 19.6. The van der Waals surface area contributed by atoms with Gasteiger partial charge in [0, 0.05) is 11.4 Å². The van der Waals surface area contributed by atoms with Gasteiger partial charge in [-0.1, -0.05) is 42.0 Å². The maximum atomic E-state index is 13.5. The molecule has 1 unspecified atom stereocenters. The highest BCUT2D eigenvalue weighted by atomic mass is 32.2. The average molecular weight is 441 g/mol. The summed E-state index contributed by atoms with van der Waals surface area (Å²) in [5.74, 6) is -0.176. The molecule has 1 aromatic heterocycles. The molecule has 1 saturated heterocycles. The number of para-hydroxylation sites is 1. The molecular formula is C23H24N2O3S2. The number of anilines is 1. The fraction of sp³-hybridized carbons (Fsp3) is 0.261. The Morgan fingerprint density at radius 2 is 1.80 bits per heavy atom. The number of carbonyl (C=O) groups excluding carboxylic acids is 1. The van der Waals surface area contributed by atoms with Gasteiger partial charge in [-0.25, -0.2) is 8.42 Å². The molecule has 2 aromatic carbocycles. The molecule has 7 heteroatoms. The van der Waals surface area contributed by atoms with Crippen LogP contribution in [-0.2, 0) is 14.8 Å². The van der Waals surface area contributed by atoms with Gasteiger partial charge < -0.3 is 4.90 Å². The first-order valence-corrected chi connectivity index (χ1v) is 12.3. The number of carbonyl (C=O) groups is 1. The molecule has 0 bridgehead atoms. The van der Waals surface area contributed by atoms with Crippen LogP contribution in [0.25, 0.3) is 0 Å². The summed E-state index contributed by atoms with van der Waals surface area (Å²) in [5.41, 5.74) is 1.46. The molecule has 0 saturated carbocycles. The van der Waals surface area contributed by atoms with Crippen LogP contribution in [-0.4, -0.2) is 32.3 Å². The van der Waals surface area contributed by atoms with E-state index in [0.717, 1.165) is 23.3 Å². The first-order chi connectivity index (χ1) is 14.5. The van der Waals surface area contributed by atoms with Crippen LogP contribution in [0.15, 0.2) is 77.0 Å². The molecule has 1 aliphatic rings. The van der Waals surface area contributed by atoms with E-state index >= 15 is 0 Å². The number of amides is 1. The van der Waals surface area contributed by atoms with Crippen LogP contribution in [0.1, 0.15) is 29.3 Å². The van der Waals surface area contributed by atoms with E-state index in [9.17, 15) is 13.2 Å². The zero-order chi connectivity index (χ0) is 21.1. The minimum absolute atomic E-state index is 0.0252. The van der Waals surface area contributed by atoms with Crippen molar-refractivity contribution in [1.82, 2.24) is 4.90 Å². The van der Waals surface area contributed by atoms with Crippen LogP contribution in [0.5, 0.6) is 0 Å². The van der Waals surface area contributed by atoms with E-state index in [0.29, 0.717) is 12.2 Å². The first-order valence-electron chi connectivity index (χ1n) is 9.94. The molecule has 2 heterocycles. The number of aryl methyl sites for hydroxylation is 1. The molecule has 1 atom stereocenters. The van der Waals surface area contributed by atoms with Gasteiger partial charge in [-0.15, -0.1) is 11.3 Å². The lowest BCUT2D eigenvalue weighted by Crippen LogP contribution is -2.42. The molecular weight excluding hydrogens is 416 g/mol. The van der Waals surface area contributed by atoms with Gasteiger partial charge in [0.05, 0.1) is 16.6 Å². The number of hydrogen-bond acceptors (Lipinski definition) is 4. The maximum absolute atomic E-state index is 13.5. The lowest BCUT2D eigenvalue weighted by Gasteiger charge is -2.29. The van der Waals surface area contributed by atoms with E-state index in [4.69, 9.17) is 0 Å². The van der Waals surface area contributed by atoms with Crippen LogP contribution in [0, 0.1) is 6.92 Å². The molecule has 5 nitrogen and oxygen atoms in total. The van der Waals surface area contributed by atoms with Crippen LogP contribution >= 0.6 is 11.3 Å². The predicted octanol–water partition coefficient (Wildman–Crippen LogP) is 4.62. The van der Waals surface area contributed by atoms with Crippen molar-refractivity contribution in [1.29, 1.82) is 0 Å². The molecule has 0 spiro atoms. The Bertz CT molecular complexity index is 1100. The highest BCUT2D eigenvalue weighted by Crippen LogP contribution is 2.35. The van der Waals surface area contributed by atoms with Crippen molar-refractivity contribution in [3.8, 4) is 0 Å². The largest absolute Gasteiger partial charge is 0.333 e. The molecule has 1 aliphatic heterocycles. The fourth-order valence-corrected chi connectivity index (χ4v) is 6.09. The zero-order valence-electron chi connectivity index (χ0n) is 16.8. The lowest BCUT2D eigenvalue weighted by atomic mass is 10.2. The molecule has 3 aromatic rings. The molecule has 4 rings (SSSR count). The van der Waals surface area contributed by atoms with E-state index in [1.807, 2.05) is 35.4 Å². The number of hydrogen-bond donors (Lipinski definition) is 0. The normalized spacial score (nSPS) is 16.6. The van der Waals surface area contributed by atoms with E-state index in [1.54, 1.807) is 59.9 Å². The fourth-order valence-electron chi connectivity index (χ4n) is 3.80. The number of benzene rings is 2. The zero-order valence-corrected chi connectivity index (χ0v) is 18.4. The standard InChI is InChI=1S/C23H24N2O3S2/c1-18-11-13-20(14-12-18)30(27,28)25(19-7-3-2-4-8-19)17-23(26)24-15-5-9-21(24)22-10-6-16-29-22/h2-4,6-8,10-14,16,21H,5,9,15,17H2,1H3. The van der Waals surface area contributed by atoms with Gasteiger partial charge in [-0.3, -0.25) is 9.10 Å². The number of rotatable bonds is 6. The minimum Gasteiger partial charge on any atom is -0.333 e. The minimum atomic E-state index is -3.88. The summed E-state index contributed by atoms with van der Waals surface area (Å²) in [6.45, 7) is 2.34. The van der Waals surface area contributed by atoms with Gasteiger partial charge in [0.25, 0.3) is 10.0 Å². The van der Waals surface area contributed by atoms with Gasteiger partial charge in [0.1, 0.15) is 6.54 Å². The number of sulfonamides is 1. The Kier molecular flexibility index (Phi) is 5.92. The highest BCUT2D eigenvalue weighted by molar-refractivity contribution is 7.92. The van der Waals surface area contributed by atoms with Crippen LogP contribution in [0.4, 0.5) is 5.69 Å². The third-order valence-corrected chi connectivity index (χ3v) is 8.14. The number of likely N-dealkylation sites (tertiary alicyclic amines) is 1. The third kappa shape index (κ3) is 4.13. The monoisotopic (exact) mass is 440 g/mol. The highest BCUT2D eigenvalue weighted by Gasteiger charge is 2.34. The second-order valence-corrected chi connectivity index (χ2v) is 10.3. The van der Waals surface area contributed by atoms with Crippen molar-refractivity contribution >= 4 is 33.0 Å². The Labute approximate surface area is 181 Å². The quantitative estimate of drug-likeness (QED) is 0.562. The average Bonchev–Trinajstić information content (AvgIpc) is 3.44. The number of nitrogens with zero attached hydrogens (tertiary/aromatic N) is 2. The molecule has 156 valence electrons. The van der Waals surface area contributed by atoms with E-state index in [2.05, 4.69) is 0 Å². The van der Waals surface area contributed by atoms with Crippen LogP contribution in [0.2, 0.25) is 0 Å². The second-order valence-electron chi connectivity index (χ2n) is 7.42. The van der Waals surface area contributed by atoms with Crippen LogP contribution in [0.3, 0.4) is 0 Å². The summed E-state index contributed by atoms with van der Waals surface area (Å²) in [4.78, 5) is 16.4. The van der Waals surface area contributed by atoms with Gasteiger partial charge in [0.2, 0.25) is 5.91 Å². The molecule has 0 radical (unpaired) electrons. The first kappa shape index (κ1) is 20.6. The molecule has 0 N–H and O–H groups in total. The lowest BCUT2D eigenvalue weighted by molar-refractivity contribution is -0.130. The van der Waals surface area contributed by atoms with Crippen molar-refractivity contribution in [3.05, 3.63) is 82.6 Å². The summed E-state index contributed by atoms with van der Waals surface area (Å²) in [5, 5.41) is 2.01. The number of thiophene rings is 1. The molecule has 1 amide bonds. The molecule has 30 heavy (non-hydrogen) atoms. The van der Waals surface area contributed by atoms with E-state index in [1.165, 1.54) is 4.31 Å². The van der Waals surface area contributed by atoms with E-state index < -0.39 is 10.0 Å². The summed E-state index contributed by atoms with van der Waals surface area (Å²) in [6.07, 6.45) is 1.83. The van der Waals surface area contributed by atoms with Gasteiger partial charge in [0.15, 0.2) is 0 Å². The summed E-state index contributed by atoms with van der Waals surface area (Å²) in [7, 11) is -3.88. The van der Waals surface area contributed by atoms with Crippen molar-refractivity contribution < 1.29 is 13.2 Å². The van der Waals surface area contributed by atoms with Gasteiger partial charge >= 0.3 is 0 Å². The van der Waals surface area contributed by atoms with Crippen LogP contribution < -0.4 is 4.31 Å². The second kappa shape index (κ2) is 8.62. The van der Waals surface area contributed by atoms with Gasteiger partial charge in [-0.2, -0.15) is 0 Å². The molecule has 1 fully saturated rings. The van der Waals surface area contributed by atoms with Crippen molar-refractivity contribution in [2.75, 3.05) is 17.4 Å². The predicted molar refractivity (Wildman–Crippen MR) is 120 cm³/mol. The third-order valence-electron chi connectivity index (χ3n) is 5.38. The Hall–Kier alpha value is -2.64. The Balaban J connectivity index is 1.65. The smallest absolute Gasteiger partial charge is 0.264 e. The molecule has 0 aliphatic carbocycles. The van der Waals surface area contributed by atoms with Gasteiger partial charge in [-0.05, 0) is 55.5 Å².